The molecule has 15 heavy (non-hydrogen) atoms. The maximum absolute atomic E-state index is 10.3. The maximum atomic E-state index is 10.3. The molecule has 7 heteroatoms. The van der Waals surface area contributed by atoms with Crippen molar-refractivity contribution in [1.82, 2.24) is 4.98 Å². The molecule has 1 heterocycles. The molecule has 0 amide bonds. The van der Waals surface area contributed by atoms with Crippen molar-refractivity contribution in [3.8, 4) is 0 Å². The Morgan fingerprint density at radius 1 is 1.67 bits per heavy atom. The summed E-state index contributed by atoms with van der Waals surface area (Å²) in [5.74, 6) is -0.153. The molecular formula is C8H10N2O3S2. The zero-order valence-electron chi connectivity index (χ0n) is 7.99. The van der Waals surface area contributed by atoms with E-state index >= 15 is 0 Å². The lowest BCUT2D eigenvalue weighted by atomic mass is 10.5. The summed E-state index contributed by atoms with van der Waals surface area (Å²) in [5.41, 5.74) is 0. The van der Waals surface area contributed by atoms with Crippen molar-refractivity contribution >= 4 is 27.4 Å². The Kier molecular flexibility index (Phi) is 4.86. The number of rotatable bonds is 5. The first kappa shape index (κ1) is 12.3. The first-order valence-corrected chi connectivity index (χ1v) is 6.39. The molecule has 0 aromatic carbocycles. The van der Waals surface area contributed by atoms with Gasteiger partial charge in [0.25, 0.3) is 0 Å². The van der Waals surface area contributed by atoms with Gasteiger partial charge in [0.1, 0.15) is 0 Å². The van der Waals surface area contributed by atoms with Gasteiger partial charge in [0.05, 0.1) is 11.5 Å². The summed E-state index contributed by atoms with van der Waals surface area (Å²) < 4.78 is 0. The molecule has 0 radical (unpaired) electrons. The minimum Gasteiger partial charge on any atom is -0.395 e. The van der Waals surface area contributed by atoms with Crippen LogP contribution in [0.15, 0.2) is 23.2 Å². The van der Waals surface area contributed by atoms with Crippen LogP contribution in [0.5, 0.6) is 0 Å². The van der Waals surface area contributed by atoms with Gasteiger partial charge in [0, 0.05) is 11.3 Å². The molecule has 0 bridgehead atoms. The lowest BCUT2D eigenvalue weighted by Crippen LogP contribution is -1.99. The van der Waals surface area contributed by atoms with Crippen LogP contribution < -0.4 is 0 Å². The smallest absolute Gasteiger partial charge is 0.363 e. The molecule has 1 N–H and O–H groups in total. The molecular weight excluding hydrogens is 236 g/mol. The second-order valence-corrected chi connectivity index (χ2v) is 5.49. The van der Waals surface area contributed by atoms with E-state index in [9.17, 15) is 10.1 Å². The number of pyridine rings is 1. The van der Waals surface area contributed by atoms with Gasteiger partial charge in [-0.2, -0.15) is 0 Å². The lowest BCUT2D eigenvalue weighted by Gasteiger charge is -2.04. The summed E-state index contributed by atoms with van der Waals surface area (Å²) >= 11 is 0. The van der Waals surface area contributed by atoms with Crippen molar-refractivity contribution in [3.63, 3.8) is 0 Å². The van der Waals surface area contributed by atoms with Crippen LogP contribution in [0.1, 0.15) is 6.92 Å². The van der Waals surface area contributed by atoms with Gasteiger partial charge in [-0.1, -0.05) is 28.5 Å². The molecule has 0 aliphatic rings. The van der Waals surface area contributed by atoms with Gasteiger partial charge in [-0.05, 0) is 16.0 Å². The highest BCUT2D eigenvalue weighted by Gasteiger charge is 2.08. The molecule has 1 rings (SSSR count). The monoisotopic (exact) mass is 246 g/mol. The number of nitrogens with zero attached hydrogens (tertiary/aromatic N) is 2. The topological polar surface area (TPSA) is 76.3 Å². The van der Waals surface area contributed by atoms with Crippen molar-refractivity contribution in [2.45, 2.75) is 17.1 Å². The second-order valence-electron chi connectivity index (χ2n) is 2.78. The maximum Gasteiger partial charge on any atom is 0.363 e. The van der Waals surface area contributed by atoms with Gasteiger partial charge < -0.3 is 15.2 Å². The third-order valence-corrected chi connectivity index (χ3v) is 4.33. The van der Waals surface area contributed by atoms with Crippen molar-refractivity contribution < 1.29 is 10.0 Å². The highest BCUT2D eigenvalue weighted by atomic mass is 33.1. The van der Waals surface area contributed by atoms with Gasteiger partial charge in [0.15, 0.2) is 6.20 Å². The molecule has 1 atom stereocenters. The predicted molar refractivity (Wildman–Crippen MR) is 60.9 cm³/mol. The fourth-order valence-electron chi connectivity index (χ4n) is 0.698. The molecule has 5 nitrogen and oxygen atoms in total. The number of hydrogen-bond donors (Lipinski definition) is 1. The van der Waals surface area contributed by atoms with E-state index in [2.05, 4.69) is 4.98 Å². The van der Waals surface area contributed by atoms with Crippen molar-refractivity contribution in [3.05, 3.63) is 28.4 Å². The highest BCUT2D eigenvalue weighted by molar-refractivity contribution is 8.76. The summed E-state index contributed by atoms with van der Waals surface area (Å²) in [6, 6.07) is 3.01. The number of hydrogen-bond acceptors (Lipinski definition) is 6. The van der Waals surface area contributed by atoms with E-state index in [0.29, 0.717) is 0 Å². The summed E-state index contributed by atoms with van der Waals surface area (Å²) in [6.07, 6.45) is 1.46. The van der Waals surface area contributed by atoms with Crippen molar-refractivity contribution in [1.29, 1.82) is 0 Å². The van der Waals surface area contributed by atoms with Crippen LogP contribution in [0, 0.1) is 10.1 Å². The Balaban J connectivity index is 2.53. The standard InChI is InChI=1S/C8H10N2O3S2/c1-6(5-11)14-15-7-2-3-8(9-4-7)10(12)13/h2-4,6,11H,5H2,1H3/t6-/m1/s1. The third kappa shape index (κ3) is 4.06. The summed E-state index contributed by atoms with van der Waals surface area (Å²) in [6.45, 7) is 2.01. The minimum absolute atomic E-state index is 0.109. The van der Waals surface area contributed by atoms with Crippen LogP contribution in [0.4, 0.5) is 5.82 Å². The number of aromatic nitrogens is 1. The fourth-order valence-corrected chi connectivity index (χ4v) is 2.56. The Morgan fingerprint density at radius 3 is 2.87 bits per heavy atom. The number of nitro groups is 1. The van der Waals surface area contributed by atoms with E-state index in [1.807, 2.05) is 6.92 Å². The van der Waals surface area contributed by atoms with Gasteiger partial charge >= 0.3 is 5.82 Å². The average molecular weight is 246 g/mol. The Hall–Kier alpha value is -0.790. The Labute approximate surface area is 94.8 Å². The summed E-state index contributed by atoms with van der Waals surface area (Å²) in [7, 11) is 2.95. The van der Waals surface area contributed by atoms with Gasteiger partial charge in [0.2, 0.25) is 0 Å². The lowest BCUT2D eigenvalue weighted by molar-refractivity contribution is -0.389. The number of aliphatic hydroxyl groups is 1. The molecule has 0 fully saturated rings. The van der Waals surface area contributed by atoms with E-state index in [4.69, 9.17) is 5.11 Å². The summed E-state index contributed by atoms with van der Waals surface area (Å²) in [5, 5.41) is 19.2. The van der Waals surface area contributed by atoms with Crippen LogP contribution in [0.2, 0.25) is 0 Å². The van der Waals surface area contributed by atoms with Crippen LogP contribution >= 0.6 is 21.6 Å². The largest absolute Gasteiger partial charge is 0.395 e. The average Bonchev–Trinajstić information content (AvgIpc) is 2.26. The molecule has 1 aromatic heterocycles. The molecule has 0 saturated carbocycles. The Bertz CT molecular complexity index is 331. The normalized spacial score (nSPS) is 12.4. The van der Waals surface area contributed by atoms with Gasteiger partial charge in [-0.15, -0.1) is 0 Å². The van der Waals surface area contributed by atoms with Crippen molar-refractivity contribution in [2.24, 2.45) is 0 Å². The quantitative estimate of drug-likeness (QED) is 0.487. The SMILES string of the molecule is C[C@H](CO)SSc1ccc([N+](=O)[O-])nc1. The van der Waals surface area contributed by atoms with Gasteiger partial charge in [-0.3, -0.25) is 0 Å². The van der Waals surface area contributed by atoms with E-state index in [1.165, 1.54) is 33.9 Å². The van der Waals surface area contributed by atoms with Crippen LogP contribution in [0.3, 0.4) is 0 Å². The molecule has 0 aliphatic heterocycles. The van der Waals surface area contributed by atoms with Gasteiger partial charge in [-0.25, -0.2) is 0 Å². The first-order chi connectivity index (χ1) is 7.13. The number of aliphatic hydroxyl groups excluding tert-OH is 1. The zero-order valence-corrected chi connectivity index (χ0v) is 9.62. The zero-order chi connectivity index (χ0) is 11.3. The minimum atomic E-state index is -0.530. The van der Waals surface area contributed by atoms with Crippen LogP contribution in [-0.4, -0.2) is 26.9 Å². The van der Waals surface area contributed by atoms with Crippen LogP contribution in [0.25, 0.3) is 0 Å². The second kappa shape index (κ2) is 5.94. The predicted octanol–water partition coefficient (Wildman–Crippen LogP) is 2.11. The molecule has 1 aromatic rings. The van der Waals surface area contributed by atoms with E-state index < -0.39 is 4.92 Å². The van der Waals surface area contributed by atoms with Crippen LogP contribution in [-0.2, 0) is 0 Å². The first-order valence-electron chi connectivity index (χ1n) is 4.18. The van der Waals surface area contributed by atoms with E-state index in [0.717, 1.165) is 4.90 Å². The molecule has 0 saturated heterocycles. The molecule has 0 spiro atoms. The Morgan fingerprint density at radius 2 is 2.40 bits per heavy atom. The van der Waals surface area contributed by atoms with E-state index in [1.54, 1.807) is 6.07 Å². The molecule has 0 unspecified atom stereocenters. The van der Waals surface area contributed by atoms with Crippen molar-refractivity contribution in [2.75, 3.05) is 6.61 Å². The highest BCUT2D eigenvalue weighted by Crippen LogP contribution is 2.34. The fraction of sp³-hybridized carbons (Fsp3) is 0.375. The molecule has 82 valence electrons. The van der Waals surface area contributed by atoms with E-state index in [-0.39, 0.29) is 17.7 Å². The third-order valence-electron chi connectivity index (χ3n) is 1.47. The summed E-state index contributed by atoms with van der Waals surface area (Å²) in [4.78, 5) is 14.3. The molecule has 0 aliphatic carbocycles.